The zero-order chi connectivity index (χ0) is 11.7. The van der Waals surface area contributed by atoms with Crippen molar-refractivity contribution in [3.8, 4) is 5.69 Å². The van der Waals surface area contributed by atoms with Crippen LogP contribution in [0.15, 0.2) is 30.6 Å². The molecule has 0 unspecified atom stereocenters. The SMILES string of the molecule is Cc1ncccc1-n1ccc(CNC2CC2)n1. The van der Waals surface area contributed by atoms with Gasteiger partial charge in [-0.15, -0.1) is 0 Å². The third kappa shape index (κ3) is 2.36. The molecular formula is C13H16N4. The highest BCUT2D eigenvalue weighted by atomic mass is 15.3. The molecule has 17 heavy (non-hydrogen) atoms. The summed E-state index contributed by atoms with van der Waals surface area (Å²) in [4.78, 5) is 4.27. The maximum absolute atomic E-state index is 4.56. The van der Waals surface area contributed by atoms with Gasteiger partial charge in [-0.25, -0.2) is 4.68 Å². The van der Waals surface area contributed by atoms with Gasteiger partial charge in [-0.3, -0.25) is 4.98 Å². The van der Waals surface area contributed by atoms with Gasteiger partial charge < -0.3 is 5.32 Å². The van der Waals surface area contributed by atoms with Crippen molar-refractivity contribution in [3.05, 3.63) is 42.0 Å². The topological polar surface area (TPSA) is 42.7 Å². The smallest absolute Gasteiger partial charge is 0.0858 e. The molecule has 1 N–H and O–H groups in total. The molecule has 1 aliphatic carbocycles. The van der Waals surface area contributed by atoms with Gasteiger partial charge in [-0.05, 0) is 38.0 Å². The lowest BCUT2D eigenvalue weighted by Gasteiger charge is -2.04. The van der Waals surface area contributed by atoms with Crippen molar-refractivity contribution in [2.75, 3.05) is 0 Å². The molecule has 0 saturated heterocycles. The number of rotatable bonds is 4. The average molecular weight is 228 g/mol. The second-order valence-electron chi connectivity index (χ2n) is 4.51. The lowest BCUT2D eigenvalue weighted by atomic mass is 10.3. The molecule has 2 heterocycles. The predicted molar refractivity (Wildman–Crippen MR) is 66.0 cm³/mol. The molecule has 1 fully saturated rings. The van der Waals surface area contributed by atoms with E-state index in [1.807, 2.05) is 29.9 Å². The molecule has 2 aromatic heterocycles. The summed E-state index contributed by atoms with van der Waals surface area (Å²) >= 11 is 0. The molecule has 0 bridgehead atoms. The number of hydrogen-bond donors (Lipinski definition) is 1. The number of nitrogens with one attached hydrogen (secondary N) is 1. The fourth-order valence-electron chi connectivity index (χ4n) is 1.84. The third-order valence-electron chi connectivity index (χ3n) is 3.02. The van der Waals surface area contributed by atoms with Crippen LogP contribution in [0, 0.1) is 6.92 Å². The first-order valence-electron chi connectivity index (χ1n) is 6.03. The summed E-state index contributed by atoms with van der Waals surface area (Å²) in [6.07, 6.45) is 6.41. The summed E-state index contributed by atoms with van der Waals surface area (Å²) in [6, 6.07) is 6.75. The quantitative estimate of drug-likeness (QED) is 0.868. The number of nitrogens with zero attached hydrogens (tertiary/aromatic N) is 3. The van der Waals surface area contributed by atoms with Gasteiger partial charge in [0.05, 0.1) is 17.1 Å². The third-order valence-corrected chi connectivity index (χ3v) is 3.02. The van der Waals surface area contributed by atoms with E-state index in [2.05, 4.69) is 21.5 Å². The first-order valence-corrected chi connectivity index (χ1v) is 6.03. The van der Waals surface area contributed by atoms with E-state index in [4.69, 9.17) is 0 Å². The fourth-order valence-corrected chi connectivity index (χ4v) is 1.84. The Kier molecular flexibility index (Phi) is 2.65. The van der Waals surface area contributed by atoms with Crippen LogP contribution in [0.1, 0.15) is 24.2 Å². The minimum absolute atomic E-state index is 0.722. The second-order valence-corrected chi connectivity index (χ2v) is 4.51. The lowest BCUT2D eigenvalue weighted by molar-refractivity contribution is 0.664. The van der Waals surface area contributed by atoms with Crippen LogP contribution in [0.4, 0.5) is 0 Å². The van der Waals surface area contributed by atoms with Crippen LogP contribution in [-0.4, -0.2) is 20.8 Å². The molecule has 0 amide bonds. The van der Waals surface area contributed by atoms with Gasteiger partial charge in [0.1, 0.15) is 0 Å². The highest BCUT2D eigenvalue weighted by molar-refractivity contribution is 5.34. The Labute approximate surface area is 101 Å². The average Bonchev–Trinajstić information content (AvgIpc) is 3.06. The largest absolute Gasteiger partial charge is 0.308 e. The molecule has 0 atom stereocenters. The number of aromatic nitrogens is 3. The van der Waals surface area contributed by atoms with Gasteiger partial charge >= 0.3 is 0 Å². The molecule has 4 nitrogen and oxygen atoms in total. The van der Waals surface area contributed by atoms with Crippen LogP contribution < -0.4 is 5.32 Å². The molecule has 1 aliphatic rings. The highest BCUT2D eigenvalue weighted by Crippen LogP contribution is 2.19. The van der Waals surface area contributed by atoms with Crippen molar-refractivity contribution >= 4 is 0 Å². The Morgan fingerprint density at radius 1 is 1.41 bits per heavy atom. The van der Waals surface area contributed by atoms with Crippen molar-refractivity contribution in [2.45, 2.75) is 32.4 Å². The van der Waals surface area contributed by atoms with Crippen molar-refractivity contribution in [3.63, 3.8) is 0 Å². The van der Waals surface area contributed by atoms with Crippen molar-refractivity contribution in [1.82, 2.24) is 20.1 Å². The molecule has 0 aromatic carbocycles. The first kappa shape index (κ1) is 10.5. The Morgan fingerprint density at radius 2 is 2.29 bits per heavy atom. The fraction of sp³-hybridized carbons (Fsp3) is 0.385. The normalized spacial score (nSPS) is 15.1. The summed E-state index contributed by atoms with van der Waals surface area (Å²) in [6.45, 7) is 2.86. The van der Waals surface area contributed by atoms with Crippen molar-refractivity contribution < 1.29 is 0 Å². The molecule has 88 valence electrons. The lowest BCUT2D eigenvalue weighted by Crippen LogP contribution is -2.15. The van der Waals surface area contributed by atoms with Crippen LogP contribution in [0.25, 0.3) is 5.69 Å². The van der Waals surface area contributed by atoms with Gasteiger partial charge in [-0.2, -0.15) is 5.10 Å². The van der Waals surface area contributed by atoms with Gasteiger partial charge in [0, 0.05) is 25.0 Å². The van der Waals surface area contributed by atoms with E-state index in [1.165, 1.54) is 12.8 Å². The molecular weight excluding hydrogens is 212 g/mol. The van der Waals surface area contributed by atoms with Crippen LogP contribution in [-0.2, 0) is 6.54 Å². The second kappa shape index (κ2) is 4.30. The molecule has 0 radical (unpaired) electrons. The summed E-state index contributed by atoms with van der Waals surface area (Å²) in [5.41, 5.74) is 3.13. The van der Waals surface area contributed by atoms with E-state index < -0.39 is 0 Å². The Bertz CT molecular complexity index is 514. The van der Waals surface area contributed by atoms with Gasteiger partial charge in [0.25, 0.3) is 0 Å². The summed E-state index contributed by atoms with van der Waals surface area (Å²) < 4.78 is 1.90. The van der Waals surface area contributed by atoms with E-state index in [9.17, 15) is 0 Å². The van der Waals surface area contributed by atoms with E-state index >= 15 is 0 Å². The molecule has 0 aliphatic heterocycles. The standard InChI is InChI=1S/C13H16N4/c1-10-13(3-2-7-14-10)17-8-6-12(16-17)9-15-11-4-5-11/h2-3,6-8,11,15H,4-5,9H2,1H3. The maximum atomic E-state index is 4.56. The van der Waals surface area contributed by atoms with E-state index in [0.717, 1.165) is 29.7 Å². The minimum Gasteiger partial charge on any atom is -0.308 e. The van der Waals surface area contributed by atoms with E-state index in [1.54, 1.807) is 6.20 Å². The van der Waals surface area contributed by atoms with Crippen molar-refractivity contribution in [1.29, 1.82) is 0 Å². The number of hydrogen-bond acceptors (Lipinski definition) is 3. The Morgan fingerprint density at radius 3 is 3.06 bits per heavy atom. The minimum atomic E-state index is 0.722. The Balaban J connectivity index is 1.77. The van der Waals surface area contributed by atoms with E-state index in [-0.39, 0.29) is 0 Å². The van der Waals surface area contributed by atoms with E-state index in [0.29, 0.717) is 0 Å². The van der Waals surface area contributed by atoms with Crippen molar-refractivity contribution in [2.24, 2.45) is 0 Å². The van der Waals surface area contributed by atoms with Crippen LogP contribution in [0.5, 0.6) is 0 Å². The van der Waals surface area contributed by atoms with Gasteiger partial charge in [-0.1, -0.05) is 0 Å². The summed E-state index contributed by atoms with van der Waals surface area (Å²) in [5, 5.41) is 8.02. The summed E-state index contributed by atoms with van der Waals surface area (Å²) in [7, 11) is 0. The van der Waals surface area contributed by atoms with Gasteiger partial charge in [0.15, 0.2) is 0 Å². The number of aryl methyl sites for hydroxylation is 1. The van der Waals surface area contributed by atoms with Crippen LogP contribution in [0.3, 0.4) is 0 Å². The highest BCUT2D eigenvalue weighted by Gasteiger charge is 2.20. The van der Waals surface area contributed by atoms with Gasteiger partial charge in [0.2, 0.25) is 0 Å². The Hall–Kier alpha value is -1.68. The molecule has 2 aromatic rings. The summed E-state index contributed by atoms with van der Waals surface area (Å²) in [5.74, 6) is 0. The maximum Gasteiger partial charge on any atom is 0.0858 e. The predicted octanol–water partition coefficient (Wildman–Crippen LogP) is 1.83. The molecule has 1 saturated carbocycles. The zero-order valence-electron chi connectivity index (χ0n) is 9.93. The molecule has 3 rings (SSSR count). The first-order chi connectivity index (χ1) is 8.33. The molecule has 0 spiro atoms. The monoisotopic (exact) mass is 228 g/mol. The molecule has 4 heteroatoms. The van der Waals surface area contributed by atoms with Crippen LogP contribution in [0.2, 0.25) is 0 Å². The zero-order valence-corrected chi connectivity index (χ0v) is 9.93. The van der Waals surface area contributed by atoms with Crippen LogP contribution >= 0.6 is 0 Å². The number of pyridine rings is 1.